The van der Waals surface area contributed by atoms with Gasteiger partial charge in [0.25, 0.3) is 0 Å². The minimum absolute atomic E-state index is 0.0793. The number of ketones is 1. The van der Waals surface area contributed by atoms with Crippen LogP contribution in [0, 0.1) is 5.41 Å². The van der Waals surface area contributed by atoms with Crippen LogP contribution in [0.2, 0.25) is 0 Å². The van der Waals surface area contributed by atoms with Crippen LogP contribution in [-0.4, -0.2) is 35.2 Å². The fraction of sp³-hybridized carbons (Fsp3) is 0.391. The lowest BCUT2D eigenvalue weighted by atomic mass is 9.88. The predicted molar refractivity (Wildman–Crippen MR) is 109 cm³/mol. The van der Waals surface area contributed by atoms with E-state index in [2.05, 4.69) is 6.92 Å². The quantitative estimate of drug-likeness (QED) is 0.351. The van der Waals surface area contributed by atoms with Crippen LogP contribution in [0.3, 0.4) is 0 Å². The van der Waals surface area contributed by atoms with Gasteiger partial charge in [-0.05, 0) is 62.9 Å². The number of ether oxygens (including phenoxy) is 2. The number of esters is 1. The Kier molecular flexibility index (Phi) is 7.65. The first-order valence-electron chi connectivity index (χ1n) is 9.66. The minimum atomic E-state index is -0.767. The van der Waals surface area contributed by atoms with Gasteiger partial charge in [-0.1, -0.05) is 19.1 Å². The van der Waals surface area contributed by atoms with Crippen LogP contribution in [-0.2, 0) is 16.0 Å². The van der Waals surface area contributed by atoms with E-state index in [9.17, 15) is 19.8 Å². The highest BCUT2D eigenvalue weighted by Gasteiger charge is 2.29. The molecule has 0 aliphatic rings. The van der Waals surface area contributed by atoms with Gasteiger partial charge >= 0.3 is 5.97 Å². The van der Waals surface area contributed by atoms with Crippen LogP contribution in [0.4, 0.5) is 0 Å². The second-order valence-electron chi connectivity index (χ2n) is 7.57. The SMILES string of the molecule is CCc1ccc(OCCCC(C)(C)C(=O)OCC(=O)c2cc(O)cc(O)c2)cc1. The van der Waals surface area contributed by atoms with E-state index in [0.29, 0.717) is 19.4 Å². The lowest BCUT2D eigenvalue weighted by molar-refractivity contribution is -0.153. The molecule has 156 valence electrons. The van der Waals surface area contributed by atoms with E-state index in [1.54, 1.807) is 13.8 Å². The van der Waals surface area contributed by atoms with Crippen molar-refractivity contribution in [2.24, 2.45) is 5.41 Å². The molecule has 0 saturated carbocycles. The van der Waals surface area contributed by atoms with Gasteiger partial charge in [-0.25, -0.2) is 0 Å². The molecule has 2 aromatic rings. The fourth-order valence-corrected chi connectivity index (χ4v) is 2.79. The van der Waals surface area contributed by atoms with Gasteiger partial charge in [-0.2, -0.15) is 0 Å². The molecule has 0 radical (unpaired) electrons. The van der Waals surface area contributed by atoms with E-state index in [1.807, 2.05) is 24.3 Å². The molecule has 0 spiro atoms. The van der Waals surface area contributed by atoms with Crippen LogP contribution < -0.4 is 4.74 Å². The van der Waals surface area contributed by atoms with Gasteiger partial charge < -0.3 is 19.7 Å². The largest absolute Gasteiger partial charge is 0.508 e. The summed E-state index contributed by atoms with van der Waals surface area (Å²) in [4.78, 5) is 24.5. The Bertz CT molecular complexity index is 819. The second-order valence-corrected chi connectivity index (χ2v) is 7.57. The minimum Gasteiger partial charge on any atom is -0.508 e. The summed E-state index contributed by atoms with van der Waals surface area (Å²) in [6, 6.07) is 11.5. The van der Waals surface area contributed by atoms with E-state index in [4.69, 9.17) is 9.47 Å². The smallest absolute Gasteiger partial charge is 0.311 e. The number of hydrogen-bond acceptors (Lipinski definition) is 6. The molecular weight excluding hydrogens is 372 g/mol. The summed E-state index contributed by atoms with van der Waals surface area (Å²) in [5.74, 6) is -0.655. The average molecular weight is 400 g/mol. The van der Waals surface area contributed by atoms with Crippen molar-refractivity contribution in [3.8, 4) is 17.2 Å². The third-order valence-electron chi connectivity index (χ3n) is 4.66. The molecule has 0 amide bonds. The third-order valence-corrected chi connectivity index (χ3v) is 4.66. The lowest BCUT2D eigenvalue weighted by Gasteiger charge is -2.22. The standard InChI is InChI=1S/C23H28O6/c1-4-16-6-8-20(9-7-16)28-11-5-10-23(2,3)22(27)29-15-21(26)17-12-18(24)14-19(25)13-17/h6-9,12-14,24-25H,4-5,10-11,15H2,1-3H3. The molecular formula is C23H28O6. The Morgan fingerprint density at radius 3 is 2.21 bits per heavy atom. The zero-order valence-electron chi connectivity index (χ0n) is 17.1. The molecule has 0 unspecified atom stereocenters. The molecule has 0 atom stereocenters. The number of benzene rings is 2. The monoisotopic (exact) mass is 400 g/mol. The molecule has 0 aliphatic heterocycles. The molecule has 2 rings (SSSR count). The van der Waals surface area contributed by atoms with Crippen LogP contribution in [0.15, 0.2) is 42.5 Å². The van der Waals surface area contributed by atoms with Crippen molar-refractivity contribution in [1.82, 2.24) is 0 Å². The van der Waals surface area contributed by atoms with Crippen molar-refractivity contribution in [2.45, 2.75) is 40.0 Å². The van der Waals surface area contributed by atoms with Crippen LogP contribution in [0.5, 0.6) is 17.2 Å². The van der Waals surface area contributed by atoms with Gasteiger partial charge in [0.15, 0.2) is 6.61 Å². The molecule has 6 heteroatoms. The number of aryl methyl sites for hydroxylation is 1. The number of carbonyl (C=O) groups is 2. The first-order chi connectivity index (χ1) is 13.7. The van der Waals surface area contributed by atoms with Crippen LogP contribution >= 0.6 is 0 Å². The van der Waals surface area contributed by atoms with E-state index in [-0.39, 0.29) is 17.1 Å². The summed E-state index contributed by atoms with van der Waals surface area (Å²) in [5, 5.41) is 18.9. The molecule has 0 saturated heterocycles. The van der Waals surface area contributed by atoms with Crippen molar-refractivity contribution < 1.29 is 29.3 Å². The number of Topliss-reactive ketones (excluding diaryl/α,β-unsaturated/α-hetero) is 1. The predicted octanol–water partition coefficient (Wildman–Crippen LogP) is 4.27. The fourth-order valence-electron chi connectivity index (χ4n) is 2.79. The number of hydrogen-bond donors (Lipinski definition) is 2. The summed E-state index contributed by atoms with van der Waals surface area (Å²) in [6.07, 6.45) is 2.18. The van der Waals surface area contributed by atoms with Crippen LogP contribution in [0.1, 0.15) is 49.5 Å². The Morgan fingerprint density at radius 2 is 1.62 bits per heavy atom. The molecule has 0 aliphatic carbocycles. The van der Waals surface area contributed by atoms with Crippen molar-refractivity contribution >= 4 is 11.8 Å². The summed E-state index contributed by atoms with van der Waals surface area (Å²) in [7, 11) is 0. The first kappa shape index (κ1) is 22.3. The number of aromatic hydroxyl groups is 2. The maximum atomic E-state index is 12.4. The van der Waals surface area contributed by atoms with E-state index in [1.165, 1.54) is 17.7 Å². The highest BCUT2D eigenvalue weighted by molar-refractivity contribution is 5.98. The van der Waals surface area contributed by atoms with E-state index in [0.717, 1.165) is 18.2 Å². The van der Waals surface area contributed by atoms with Crippen molar-refractivity contribution in [3.63, 3.8) is 0 Å². The summed E-state index contributed by atoms with van der Waals surface area (Å²) < 4.78 is 10.9. The maximum Gasteiger partial charge on any atom is 0.311 e. The summed E-state index contributed by atoms with van der Waals surface area (Å²) in [6.45, 7) is 5.64. The molecule has 2 aromatic carbocycles. The third kappa shape index (κ3) is 6.82. The average Bonchev–Trinajstić information content (AvgIpc) is 2.68. The Morgan fingerprint density at radius 1 is 1.00 bits per heavy atom. The van der Waals surface area contributed by atoms with Crippen molar-refractivity contribution in [1.29, 1.82) is 0 Å². The Balaban J connectivity index is 1.77. The zero-order chi connectivity index (χ0) is 21.4. The highest BCUT2D eigenvalue weighted by atomic mass is 16.5. The molecule has 2 N–H and O–H groups in total. The summed E-state index contributed by atoms with van der Waals surface area (Å²) in [5.41, 5.74) is 0.559. The van der Waals surface area contributed by atoms with E-state index >= 15 is 0 Å². The molecule has 0 fully saturated rings. The molecule has 0 bridgehead atoms. The van der Waals surface area contributed by atoms with Gasteiger partial charge in [-0.3, -0.25) is 9.59 Å². The molecule has 0 heterocycles. The first-order valence-corrected chi connectivity index (χ1v) is 9.66. The molecule has 29 heavy (non-hydrogen) atoms. The normalized spacial score (nSPS) is 11.1. The number of phenols is 2. The number of rotatable bonds is 10. The van der Waals surface area contributed by atoms with Crippen LogP contribution in [0.25, 0.3) is 0 Å². The second kappa shape index (κ2) is 9.96. The van der Waals surface area contributed by atoms with E-state index < -0.39 is 23.8 Å². The number of carbonyl (C=O) groups excluding carboxylic acids is 2. The van der Waals surface area contributed by atoms with Gasteiger partial charge in [0.05, 0.1) is 12.0 Å². The van der Waals surface area contributed by atoms with Gasteiger partial charge in [0.1, 0.15) is 17.2 Å². The lowest BCUT2D eigenvalue weighted by Crippen LogP contribution is -2.29. The van der Waals surface area contributed by atoms with Gasteiger partial charge in [-0.15, -0.1) is 0 Å². The Hall–Kier alpha value is -3.02. The van der Waals surface area contributed by atoms with Crippen molar-refractivity contribution in [2.75, 3.05) is 13.2 Å². The maximum absolute atomic E-state index is 12.4. The molecule has 0 aromatic heterocycles. The van der Waals surface area contributed by atoms with Gasteiger partial charge in [0, 0.05) is 11.6 Å². The molecule has 6 nitrogen and oxygen atoms in total. The van der Waals surface area contributed by atoms with Crippen molar-refractivity contribution in [3.05, 3.63) is 53.6 Å². The Labute approximate surface area is 171 Å². The zero-order valence-corrected chi connectivity index (χ0v) is 17.1. The summed E-state index contributed by atoms with van der Waals surface area (Å²) >= 11 is 0. The van der Waals surface area contributed by atoms with Gasteiger partial charge in [0.2, 0.25) is 5.78 Å². The number of phenolic OH excluding ortho intramolecular Hbond substituents is 2. The highest BCUT2D eigenvalue weighted by Crippen LogP contribution is 2.25. The topological polar surface area (TPSA) is 93.1 Å².